The highest BCUT2D eigenvalue weighted by molar-refractivity contribution is 4.82. The van der Waals surface area contributed by atoms with Crippen LogP contribution in [0.1, 0.15) is 20.8 Å². The lowest BCUT2D eigenvalue weighted by molar-refractivity contribution is -0.0765. The van der Waals surface area contributed by atoms with Crippen molar-refractivity contribution in [3.8, 4) is 0 Å². The number of hydrogen-bond donors (Lipinski definition) is 0. The molecule has 1 rings (SSSR count). The largest absolute Gasteiger partial charge is 0.434 e. The summed E-state index contributed by atoms with van der Waals surface area (Å²) in [4.78, 5) is 0. The number of ether oxygens (including phenoxy) is 2. The van der Waals surface area contributed by atoms with Crippen LogP contribution in [0.15, 0.2) is 0 Å². The second-order valence-electron chi connectivity index (χ2n) is 3.60. The van der Waals surface area contributed by atoms with Crippen LogP contribution in [0, 0.1) is 11.8 Å². The number of aliphatic hydroxyl groups is 2. The third-order valence-corrected chi connectivity index (χ3v) is 2.91. The van der Waals surface area contributed by atoms with Gasteiger partial charge in [-0.2, -0.15) is 0 Å². The van der Waals surface area contributed by atoms with Gasteiger partial charge in [-0.1, -0.05) is 13.8 Å². The first kappa shape index (κ1) is 9.01. The Morgan fingerprint density at radius 2 is 1.82 bits per heavy atom. The van der Waals surface area contributed by atoms with Gasteiger partial charge in [0.05, 0.1) is 6.10 Å². The molecular formula is C9H19O2+. The van der Waals surface area contributed by atoms with Crippen LogP contribution < -0.4 is 0 Å². The van der Waals surface area contributed by atoms with Crippen LogP contribution in [0.4, 0.5) is 0 Å². The van der Waals surface area contributed by atoms with Gasteiger partial charge in [0.15, 0.2) is 6.61 Å². The van der Waals surface area contributed by atoms with E-state index in [0.717, 1.165) is 6.61 Å². The van der Waals surface area contributed by atoms with E-state index in [1.165, 1.54) is 0 Å². The van der Waals surface area contributed by atoms with Crippen molar-refractivity contribution in [1.29, 1.82) is 0 Å². The molecule has 0 radical (unpaired) electrons. The molecule has 1 fully saturated rings. The third-order valence-electron chi connectivity index (χ3n) is 2.91. The molecular weight excluding hydrogens is 140 g/mol. The average molecular weight is 159 g/mol. The van der Waals surface area contributed by atoms with Gasteiger partial charge in [0.2, 0.25) is 0 Å². The molecule has 1 N–H and O–H groups in total. The first-order valence-electron chi connectivity index (χ1n) is 4.38. The molecule has 0 aliphatic carbocycles. The van der Waals surface area contributed by atoms with E-state index in [1.807, 2.05) is 7.11 Å². The monoisotopic (exact) mass is 159 g/mol. The Labute approximate surface area is 68.9 Å². The first-order chi connectivity index (χ1) is 5.16. The van der Waals surface area contributed by atoms with Gasteiger partial charge >= 0.3 is 0 Å². The quantitative estimate of drug-likeness (QED) is 0.555. The van der Waals surface area contributed by atoms with Crippen molar-refractivity contribution >= 4 is 0 Å². The predicted octanol–water partition coefficient (Wildman–Crippen LogP) is 1.20. The van der Waals surface area contributed by atoms with Crippen LogP contribution in [0.5, 0.6) is 0 Å². The fraction of sp³-hybridized carbons (Fsp3) is 1.00. The Balaban J connectivity index is 2.45. The molecule has 4 atom stereocenters. The minimum Gasteiger partial charge on any atom is -0.434 e. The summed E-state index contributed by atoms with van der Waals surface area (Å²) in [6, 6.07) is 0. The fourth-order valence-corrected chi connectivity index (χ4v) is 1.68. The maximum Gasteiger partial charge on any atom is 0.171 e. The minimum absolute atomic E-state index is 0.366. The molecule has 0 aromatic carbocycles. The summed E-state index contributed by atoms with van der Waals surface area (Å²) < 4.78 is 9.84. The van der Waals surface area contributed by atoms with Gasteiger partial charge in [-0.15, -0.1) is 0 Å². The SMILES string of the molecule is C[OH+]CC1OC(C)C(C)C1C. The molecule has 11 heavy (non-hydrogen) atoms. The summed E-state index contributed by atoms with van der Waals surface area (Å²) in [6.45, 7) is 7.52. The molecule has 0 saturated carbocycles. The van der Waals surface area contributed by atoms with E-state index < -0.39 is 0 Å². The molecule has 4 unspecified atom stereocenters. The Kier molecular flexibility index (Phi) is 2.90. The van der Waals surface area contributed by atoms with Crippen LogP contribution in [0.3, 0.4) is 0 Å². The first-order valence-corrected chi connectivity index (χ1v) is 4.38. The van der Waals surface area contributed by atoms with Gasteiger partial charge in [0, 0.05) is 0 Å². The highest BCUT2D eigenvalue weighted by Crippen LogP contribution is 2.31. The van der Waals surface area contributed by atoms with Crippen molar-refractivity contribution < 1.29 is 9.47 Å². The van der Waals surface area contributed by atoms with E-state index in [9.17, 15) is 0 Å². The van der Waals surface area contributed by atoms with Gasteiger partial charge in [-0.05, 0) is 18.8 Å². The second kappa shape index (κ2) is 3.55. The van der Waals surface area contributed by atoms with Crippen molar-refractivity contribution in [2.75, 3.05) is 13.7 Å². The third kappa shape index (κ3) is 1.74. The summed E-state index contributed by atoms with van der Waals surface area (Å²) in [5.41, 5.74) is 0. The van der Waals surface area contributed by atoms with Crippen LogP contribution in [-0.2, 0) is 4.74 Å². The summed E-state index contributed by atoms with van der Waals surface area (Å²) in [6.07, 6.45) is 0.779. The van der Waals surface area contributed by atoms with Gasteiger partial charge in [-0.3, -0.25) is 0 Å². The van der Waals surface area contributed by atoms with Gasteiger partial charge < -0.3 is 9.47 Å². The molecule has 1 aliphatic rings. The minimum atomic E-state index is 0.366. The maximum atomic E-state index is 5.73. The van der Waals surface area contributed by atoms with Crippen molar-refractivity contribution in [3.05, 3.63) is 0 Å². The molecule has 0 amide bonds. The standard InChI is InChI=1S/C9H18O2/c1-6-7(2)9(5-10-4)11-8(6)3/h6-9H,5H2,1-4H3/p+1. The van der Waals surface area contributed by atoms with E-state index in [-0.39, 0.29) is 0 Å². The van der Waals surface area contributed by atoms with Crippen LogP contribution in [0.25, 0.3) is 0 Å². The number of rotatable bonds is 2. The molecule has 0 aromatic rings. The van der Waals surface area contributed by atoms with Crippen molar-refractivity contribution in [2.24, 2.45) is 11.8 Å². The van der Waals surface area contributed by atoms with E-state index in [0.29, 0.717) is 24.0 Å². The Morgan fingerprint density at radius 1 is 1.18 bits per heavy atom. The van der Waals surface area contributed by atoms with Crippen LogP contribution in [0.2, 0.25) is 0 Å². The lowest BCUT2D eigenvalue weighted by atomic mass is 9.91. The molecule has 1 aliphatic heterocycles. The topological polar surface area (TPSA) is 22.0 Å². The van der Waals surface area contributed by atoms with Gasteiger partial charge in [-0.25, -0.2) is 0 Å². The van der Waals surface area contributed by atoms with E-state index >= 15 is 0 Å². The lowest BCUT2D eigenvalue weighted by Gasteiger charge is -2.12. The van der Waals surface area contributed by atoms with Crippen LogP contribution >= 0.6 is 0 Å². The predicted molar refractivity (Wildman–Crippen MR) is 45.7 cm³/mol. The Bertz CT molecular complexity index is 125. The van der Waals surface area contributed by atoms with Crippen molar-refractivity contribution in [2.45, 2.75) is 33.0 Å². The highest BCUT2D eigenvalue weighted by Gasteiger charge is 2.37. The molecule has 0 spiro atoms. The highest BCUT2D eigenvalue weighted by atomic mass is 16.5. The summed E-state index contributed by atoms with van der Waals surface area (Å²) in [5.74, 6) is 1.34. The summed E-state index contributed by atoms with van der Waals surface area (Å²) in [7, 11) is 1.85. The van der Waals surface area contributed by atoms with Crippen LogP contribution in [-0.4, -0.2) is 30.7 Å². The molecule has 1 saturated heterocycles. The maximum absolute atomic E-state index is 5.73. The summed E-state index contributed by atoms with van der Waals surface area (Å²) >= 11 is 0. The van der Waals surface area contributed by atoms with Crippen molar-refractivity contribution in [1.82, 2.24) is 0 Å². The Morgan fingerprint density at radius 3 is 2.18 bits per heavy atom. The van der Waals surface area contributed by atoms with E-state index in [4.69, 9.17) is 4.74 Å². The smallest absolute Gasteiger partial charge is 0.171 e. The molecule has 0 aromatic heterocycles. The lowest BCUT2D eigenvalue weighted by Crippen LogP contribution is -2.22. The fourth-order valence-electron chi connectivity index (χ4n) is 1.68. The van der Waals surface area contributed by atoms with E-state index in [2.05, 4.69) is 25.5 Å². The van der Waals surface area contributed by atoms with Gasteiger partial charge in [0.1, 0.15) is 13.2 Å². The molecule has 2 heteroatoms. The second-order valence-corrected chi connectivity index (χ2v) is 3.60. The van der Waals surface area contributed by atoms with Gasteiger partial charge in [0.25, 0.3) is 0 Å². The zero-order valence-electron chi connectivity index (χ0n) is 7.87. The number of hydrogen-bond acceptors (Lipinski definition) is 1. The zero-order chi connectivity index (χ0) is 8.43. The average Bonchev–Trinajstić information content (AvgIpc) is 2.19. The Hall–Kier alpha value is -0.0800. The zero-order valence-corrected chi connectivity index (χ0v) is 7.87. The van der Waals surface area contributed by atoms with Crippen molar-refractivity contribution in [3.63, 3.8) is 0 Å². The normalized spacial score (nSPS) is 44.7. The molecule has 0 bridgehead atoms. The molecule has 1 heterocycles. The molecule has 66 valence electrons. The van der Waals surface area contributed by atoms with E-state index in [1.54, 1.807) is 0 Å². The summed E-state index contributed by atoms with van der Waals surface area (Å²) in [5, 5.41) is 0. The molecule has 2 nitrogen and oxygen atoms in total.